The van der Waals surface area contributed by atoms with Gasteiger partial charge >= 0.3 is 11.9 Å². The van der Waals surface area contributed by atoms with Crippen LogP contribution in [-0.4, -0.2) is 63.4 Å². The minimum absolute atomic E-state index is 0.0182. The van der Waals surface area contributed by atoms with Gasteiger partial charge in [0, 0.05) is 36.6 Å². The standard InChI is InChI=1S/C33H31N3O8S/c1-21(2)44-33(34-18-23-14-16-27(17-15-23)36(40)41)31(39)35-28(26(19-42-22(3)37)20-45-32(33)35)30(38)43-29(24-10-6-4-7-11-24)25-12-8-5-9-13-25/h4-18,21,29,32H,19-20H2,1-3H3/t32-,33-/m1/s1. The summed E-state index contributed by atoms with van der Waals surface area (Å²) in [5.74, 6) is -1.64. The number of aliphatic imine (C=N–C) groups is 1. The van der Waals surface area contributed by atoms with Crippen molar-refractivity contribution < 1.29 is 33.5 Å². The lowest BCUT2D eigenvalue weighted by Gasteiger charge is -2.55. The third-order valence-electron chi connectivity index (χ3n) is 7.08. The molecule has 1 fully saturated rings. The smallest absolute Gasteiger partial charge is 0.356 e. The minimum Gasteiger partial charge on any atom is -0.461 e. The van der Waals surface area contributed by atoms with Crippen molar-refractivity contribution >= 4 is 41.5 Å². The number of rotatable bonds is 11. The average molecular weight is 630 g/mol. The first-order valence-electron chi connectivity index (χ1n) is 14.2. The van der Waals surface area contributed by atoms with E-state index in [0.717, 1.165) is 11.1 Å². The van der Waals surface area contributed by atoms with Gasteiger partial charge in [0.05, 0.1) is 11.0 Å². The number of thioether (sulfide) groups is 1. The molecule has 12 heteroatoms. The van der Waals surface area contributed by atoms with Crippen molar-refractivity contribution in [2.45, 2.75) is 44.1 Å². The summed E-state index contributed by atoms with van der Waals surface area (Å²) >= 11 is 1.32. The second kappa shape index (κ2) is 13.4. The van der Waals surface area contributed by atoms with Crippen LogP contribution in [0.2, 0.25) is 0 Å². The molecule has 3 aromatic rings. The molecule has 1 saturated heterocycles. The van der Waals surface area contributed by atoms with Crippen molar-refractivity contribution in [3.05, 3.63) is 123 Å². The fourth-order valence-corrected chi connectivity index (χ4v) is 6.45. The van der Waals surface area contributed by atoms with Gasteiger partial charge in [-0.2, -0.15) is 0 Å². The molecule has 0 radical (unpaired) electrons. The molecule has 5 rings (SSSR count). The van der Waals surface area contributed by atoms with Gasteiger partial charge in [0.15, 0.2) is 6.10 Å². The van der Waals surface area contributed by atoms with Gasteiger partial charge in [-0.15, -0.1) is 11.8 Å². The highest BCUT2D eigenvalue weighted by Gasteiger charge is 2.67. The maximum Gasteiger partial charge on any atom is 0.356 e. The number of carbonyl (C=O) groups is 3. The molecule has 3 aromatic carbocycles. The number of non-ortho nitro benzene ring substituents is 1. The summed E-state index contributed by atoms with van der Waals surface area (Å²) in [7, 11) is 0. The molecule has 1 amide bonds. The SMILES string of the molecule is CC(=O)OCC1=C(C(=O)OC(c2ccccc2)c2ccccc2)N2C(=O)[C@@](N=Cc3ccc([N+](=O)[O-])cc3)(OC(C)C)[C@H]2SC1. The van der Waals surface area contributed by atoms with E-state index in [-0.39, 0.29) is 23.7 Å². The minimum atomic E-state index is -1.67. The summed E-state index contributed by atoms with van der Waals surface area (Å²) in [4.78, 5) is 56.3. The molecule has 0 aromatic heterocycles. The van der Waals surface area contributed by atoms with E-state index in [1.807, 2.05) is 60.7 Å². The summed E-state index contributed by atoms with van der Waals surface area (Å²) in [6, 6.07) is 24.2. The first-order valence-corrected chi connectivity index (χ1v) is 15.2. The maximum atomic E-state index is 14.1. The molecule has 11 nitrogen and oxygen atoms in total. The van der Waals surface area contributed by atoms with Crippen molar-refractivity contribution in [3.63, 3.8) is 0 Å². The normalized spacial score (nSPS) is 19.4. The number of β-lactam (4-membered cyclic amide) rings is 1. The largest absolute Gasteiger partial charge is 0.461 e. The Morgan fingerprint density at radius 2 is 1.64 bits per heavy atom. The van der Waals surface area contributed by atoms with Gasteiger partial charge in [-0.1, -0.05) is 60.7 Å². The van der Waals surface area contributed by atoms with Crippen molar-refractivity contribution in [2.75, 3.05) is 12.4 Å². The second-order valence-corrected chi connectivity index (χ2v) is 11.7. The number of esters is 2. The lowest BCUT2D eigenvalue weighted by Crippen LogP contribution is -2.74. The molecule has 232 valence electrons. The Hall–Kier alpha value is -4.81. The van der Waals surface area contributed by atoms with Crippen LogP contribution in [0, 0.1) is 10.1 Å². The zero-order valence-corrected chi connectivity index (χ0v) is 25.6. The number of hydrogen-bond acceptors (Lipinski definition) is 10. The second-order valence-electron chi connectivity index (χ2n) is 10.6. The van der Waals surface area contributed by atoms with Gasteiger partial charge in [0.1, 0.15) is 17.7 Å². The molecular formula is C33H31N3O8S. The van der Waals surface area contributed by atoms with E-state index in [2.05, 4.69) is 4.99 Å². The zero-order valence-electron chi connectivity index (χ0n) is 24.8. The van der Waals surface area contributed by atoms with E-state index in [1.54, 1.807) is 13.8 Å². The fraction of sp³-hybridized carbons (Fsp3) is 0.273. The Morgan fingerprint density at radius 1 is 1.04 bits per heavy atom. The lowest BCUT2D eigenvalue weighted by atomic mass is 9.98. The fourth-order valence-electron chi connectivity index (χ4n) is 5.08. The maximum absolute atomic E-state index is 14.1. The molecule has 2 aliphatic rings. The Kier molecular flexibility index (Phi) is 9.45. The summed E-state index contributed by atoms with van der Waals surface area (Å²) in [5, 5.41) is 10.3. The molecule has 2 atom stereocenters. The van der Waals surface area contributed by atoms with Crippen molar-refractivity contribution in [1.29, 1.82) is 0 Å². The third kappa shape index (κ3) is 6.66. The number of hydrogen-bond donors (Lipinski definition) is 0. The van der Waals surface area contributed by atoms with Crippen LogP contribution >= 0.6 is 11.8 Å². The van der Waals surface area contributed by atoms with Crippen LogP contribution in [0.25, 0.3) is 0 Å². The summed E-state index contributed by atoms with van der Waals surface area (Å²) in [6.45, 7) is 4.61. The van der Waals surface area contributed by atoms with Gasteiger partial charge in [-0.05, 0) is 42.7 Å². The van der Waals surface area contributed by atoms with Crippen LogP contribution < -0.4 is 0 Å². The Labute approximate surface area is 264 Å². The molecule has 45 heavy (non-hydrogen) atoms. The lowest BCUT2D eigenvalue weighted by molar-refractivity contribution is -0.384. The molecule has 2 heterocycles. The first kappa shape index (κ1) is 31.6. The molecule has 0 aliphatic carbocycles. The molecule has 2 aliphatic heterocycles. The number of ether oxygens (including phenoxy) is 3. The van der Waals surface area contributed by atoms with E-state index in [0.29, 0.717) is 11.1 Å². The molecule has 0 unspecified atom stereocenters. The highest BCUT2D eigenvalue weighted by Crippen LogP contribution is 2.50. The van der Waals surface area contributed by atoms with Crippen LogP contribution in [0.4, 0.5) is 5.69 Å². The summed E-state index contributed by atoms with van der Waals surface area (Å²) in [6.07, 6.45) is 0.246. The average Bonchev–Trinajstić information content (AvgIpc) is 3.04. The summed E-state index contributed by atoms with van der Waals surface area (Å²) in [5.41, 5.74) is 0.655. The number of amides is 1. The molecule has 0 bridgehead atoms. The van der Waals surface area contributed by atoms with Crippen molar-refractivity contribution in [2.24, 2.45) is 4.99 Å². The van der Waals surface area contributed by atoms with E-state index in [4.69, 9.17) is 14.2 Å². The van der Waals surface area contributed by atoms with Crippen LogP contribution in [0.1, 0.15) is 43.6 Å². The topological polar surface area (TPSA) is 138 Å². The highest BCUT2D eigenvalue weighted by molar-refractivity contribution is 8.00. The number of nitro benzene ring substituents is 1. The van der Waals surface area contributed by atoms with E-state index in [9.17, 15) is 24.5 Å². The monoisotopic (exact) mass is 629 g/mol. The number of fused-ring (bicyclic) bond motifs is 1. The highest BCUT2D eigenvalue weighted by atomic mass is 32.2. The number of carbonyl (C=O) groups excluding carboxylic acids is 3. The van der Waals surface area contributed by atoms with Crippen molar-refractivity contribution in [3.8, 4) is 0 Å². The van der Waals surface area contributed by atoms with Gasteiger partial charge in [-0.25, -0.2) is 9.79 Å². The molecular weight excluding hydrogens is 598 g/mol. The van der Waals surface area contributed by atoms with Gasteiger partial charge in [-0.3, -0.25) is 24.6 Å². The van der Waals surface area contributed by atoms with Crippen molar-refractivity contribution in [1.82, 2.24) is 4.90 Å². The zero-order chi connectivity index (χ0) is 32.1. The molecule has 0 N–H and O–H groups in total. The Morgan fingerprint density at radius 3 is 2.18 bits per heavy atom. The number of nitro groups is 1. The van der Waals surface area contributed by atoms with Gasteiger partial charge < -0.3 is 14.2 Å². The van der Waals surface area contributed by atoms with Crippen LogP contribution in [-0.2, 0) is 28.6 Å². The predicted molar refractivity (Wildman–Crippen MR) is 167 cm³/mol. The first-order chi connectivity index (χ1) is 21.6. The van der Waals surface area contributed by atoms with Crippen LogP contribution in [0.3, 0.4) is 0 Å². The van der Waals surface area contributed by atoms with Gasteiger partial charge in [0.2, 0.25) is 0 Å². The molecule has 0 spiro atoms. The number of benzene rings is 3. The molecule has 0 saturated carbocycles. The van der Waals surface area contributed by atoms with E-state index < -0.39 is 46.1 Å². The van der Waals surface area contributed by atoms with Crippen LogP contribution in [0.15, 0.2) is 101 Å². The third-order valence-corrected chi connectivity index (χ3v) is 8.44. The predicted octanol–water partition coefficient (Wildman–Crippen LogP) is 5.20. The Balaban J connectivity index is 1.50. The Bertz CT molecular complexity index is 1600. The number of nitrogens with zero attached hydrogens (tertiary/aromatic N) is 3. The van der Waals surface area contributed by atoms with Gasteiger partial charge in [0.25, 0.3) is 17.3 Å². The summed E-state index contributed by atoms with van der Waals surface area (Å²) < 4.78 is 17.5. The van der Waals surface area contributed by atoms with Crippen LogP contribution in [0.5, 0.6) is 0 Å². The van der Waals surface area contributed by atoms with E-state index >= 15 is 0 Å². The quantitative estimate of drug-likeness (QED) is 0.0921. The van der Waals surface area contributed by atoms with E-state index in [1.165, 1.54) is 54.1 Å².